The molecule has 0 aromatic rings. The molecule has 0 unspecified atom stereocenters. The first-order valence-corrected chi connectivity index (χ1v) is 10.6. The molecule has 0 aromatic heterocycles. The Bertz CT molecular complexity index is 768. The molecule has 0 radical (unpaired) electrons. The van der Waals surface area contributed by atoms with Crippen LogP contribution in [0.2, 0.25) is 0 Å². The van der Waals surface area contributed by atoms with Crippen LogP contribution >= 0.6 is 0 Å². The number of allylic oxidation sites excluding steroid dienone is 2. The fraction of sp³-hybridized carbons (Fsp3) is 0.773. The van der Waals surface area contributed by atoms with Crippen molar-refractivity contribution in [1.29, 1.82) is 0 Å². The first-order chi connectivity index (χ1) is 14.6. The van der Waals surface area contributed by atoms with Gasteiger partial charge in [0.05, 0.1) is 18.3 Å². The predicted molar refractivity (Wildman–Crippen MR) is 114 cm³/mol. The molecule has 1 heterocycles. The first kappa shape index (κ1) is 26.4. The molecule has 1 aliphatic carbocycles. The number of aliphatic hydroxyl groups excluding tert-OH is 4. The van der Waals surface area contributed by atoms with Crippen LogP contribution in [0.3, 0.4) is 0 Å². The highest BCUT2D eigenvalue weighted by Crippen LogP contribution is 2.35. The Morgan fingerprint density at radius 3 is 2.41 bits per heavy atom. The van der Waals surface area contributed by atoms with Crippen LogP contribution in [-0.4, -0.2) is 87.3 Å². The van der Waals surface area contributed by atoms with Gasteiger partial charge in [-0.05, 0) is 33.1 Å². The molecular formula is C22H35NO9. The van der Waals surface area contributed by atoms with Crippen LogP contribution in [-0.2, 0) is 23.8 Å². The minimum Gasteiger partial charge on any atom is -0.511 e. The van der Waals surface area contributed by atoms with Gasteiger partial charge in [0.25, 0.3) is 0 Å². The van der Waals surface area contributed by atoms with E-state index in [1.54, 1.807) is 20.8 Å². The SMILES string of the molecule is C[C@@H]1O[C@@H](OC[C@H](N=CC2=C(O)CC(C)(C)CC2=O)C(=O)OC(C)(C)C)[C@@H](O)[C@H](O)[C@@H]1O. The number of nitrogens with zero attached hydrogens (tertiary/aromatic N) is 1. The average Bonchev–Trinajstić information content (AvgIpc) is 2.63. The monoisotopic (exact) mass is 457 g/mol. The predicted octanol–water partition coefficient (Wildman–Crippen LogP) is 0.813. The number of ether oxygens (including phenoxy) is 3. The molecule has 1 aliphatic heterocycles. The van der Waals surface area contributed by atoms with Crippen LogP contribution in [0.15, 0.2) is 16.3 Å². The highest BCUT2D eigenvalue weighted by molar-refractivity contribution is 6.14. The maximum Gasteiger partial charge on any atom is 0.333 e. The Kier molecular flexibility index (Phi) is 8.22. The molecule has 10 nitrogen and oxygen atoms in total. The van der Waals surface area contributed by atoms with E-state index < -0.39 is 54.9 Å². The average molecular weight is 458 g/mol. The first-order valence-electron chi connectivity index (χ1n) is 10.6. The number of ketones is 1. The number of esters is 1. The van der Waals surface area contributed by atoms with Crippen molar-refractivity contribution in [2.75, 3.05) is 6.61 Å². The molecule has 0 bridgehead atoms. The van der Waals surface area contributed by atoms with Crippen molar-refractivity contribution in [3.8, 4) is 0 Å². The Hall–Kier alpha value is -1.85. The summed E-state index contributed by atoms with van der Waals surface area (Å²) < 4.78 is 16.2. The molecule has 1 fully saturated rings. The lowest BCUT2D eigenvalue weighted by atomic mass is 9.77. The van der Waals surface area contributed by atoms with Crippen LogP contribution in [0.25, 0.3) is 0 Å². The van der Waals surface area contributed by atoms with Crippen molar-refractivity contribution in [3.63, 3.8) is 0 Å². The second-order valence-corrected chi connectivity index (χ2v) is 10.1. The van der Waals surface area contributed by atoms with Crippen molar-refractivity contribution in [1.82, 2.24) is 0 Å². The fourth-order valence-electron chi connectivity index (χ4n) is 3.49. The Morgan fingerprint density at radius 2 is 1.84 bits per heavy atom. The highest BCUT2D eigenvalue weighted by atomic mass is 16.7. The van der Waals surface area contributed by atoms with E-state index in [2.05, 4.69) is 4.99 Å². The summed E-state index contributed by atoms with van der Waals surface area (Å²) in [6, 6.07) is -1.23. The molecule has 0 aromatic carbocycles. The van der Waals surface area contributed by atoms with Crippen molar-refractivity contribution < 1.29 is 44.2 Å². The maximum atomic E-state index is 12.7. The van der Waals surface area contributed by atoms with E-state index in [0.29, 0.717) is 6.42 Å². The van der Waals surface area contributed by atoms with Crippen LogP contribution in [0, 0.1) is 5.41 Å². The van der Waals surface area contributed by atoms with E-state index in [4.69, 9.17) is 14.2 Å². The van der Waals surface area contributed by atoms with E-state index in [1.807, 2.05) is 13.8 Å². The van der Waals surface area contributed by atoms with Crippen molar-refractivity contribution in [2.24, 2.45) is 10.4 Å². The van der Waals surface area contributed by atoms with Gasteiger partial charge in [0.15, 0.2) is 18.1 Å². The number of Topliss-reactive ketones (excluding diaryl/α,β-unsaturated/α-hetero) is 1. The summed E-state index contributed by atoms with van der Waals surface area (Å²) in [6.45, 7) is 9.90. The van der Waals surface area contributed by atoms with E-state index in [0.717, 1.165) is 6.21 Å². The van der Waals surface area contributed by atoms with Gasteiger partial charge in [-0.2, -0.15) is 0 Å². The van der Waals surface area contributed by atoms with Gasteiger partial charge in [0.1, 0.15) is 29.7 Å². The Labute approximate surface area is 187 Å². The number of carbonyl (C=O) groups is 2. The van der Waals surface area contributed by atoms with Gasteiger partial charge in [-0.25, -0.2) is 4.79 Å². The quantitative estimate of drug-likeness (QED) is 0.335. The summed E-state index contributed by atoms with van der Waals surface area (Å²) >= 11 is 0. The molecular weight excluding hydrogens is 422 g/mol. The van der Waals surface area contributed by atoms with Gasteiger partial charge >= 0.3 is 5.97 Å². The zero-order valence-corrected chi connectivity index (χ0v) is 19.4. The summed E-state index contributed by atoms with van der Waals surface area (Å²) in [5.41, 5.74) is -1.16. The standard InChI is InChI=1S/C22H35NO9/c1-11-16(26)17(27)18(28)20(31-11)30-10-13(19(29)32-21(2,3)4)23-9-12-14(24)7-22(5,6)8-15(12)25/h9,11,13,16-18,20,24,26-28H,7-8,10H2,1-6H3/t11-,13-,16+,17+,18-,20+/m0/s1. The van der Waals surface area contributed by atoms with Gasteiger partial charge in [0, 0.05) is 19.1 Å². The lowest BCUT2D eigenvalue weighted by molar-refractivity contribution is -0.293. The van der Waals surface area contributed by atoms with Crippen molar-refractivity contribution >= 4 is 18.0 Å². The van der Waals surface area contributed by atoms with Gasteiger partial charge in [-0.3, -0.25) is 9.79 Å². The van der Waals surface area contributed by atoms with Gasteiger partial charge in [-0.15, -0.1) is 0 Å². The Morgan fingerprint density at radius 1 is 1.22 bits per heavy atom. The van der Waals surface area contributed by atoms with E-state index in [-0.39, 0.29) is 29.0 Å². The van der Waals surface area contributed by atoms with Crippen LogP contribution in [0.4, 0.5) is 0 Å². The summed E-state index contributed by atoms with van der Waals surface area (Å²) in [5, 5.41) is 40.1. The minimum atomic E-state index is -1.54. The number of hydrogen-bond donors (Lipinski definition) is 4. The summed E-state index contributed by atoms with van der Waals surface area (Å²) in [5.74, 6) is -1.13. The van der Waals surface area contributed by atoms with Gasteiger partial charge in [-0.1, -0.05) is 13.8 Å². The summed E-state index contributed by atoms with van der Waals surface area (Å²) in [6.07, 6.45) is -4.78. The number of hydrogen-bond acceptors (Lipinski definition) is 10. The van der Waals surface area contributed by atoms with Crippen LogP contribution < -0.4 is 0 Å². The third kappa shape index (κ3) is 6.82. The van der Waals surface area contributed by atoms with Gasteiger partial charge in [0.2, 0.25) is 0 Å². The molecule has 2 aliphatic rings. The molecule has 4 N–H and O–H groups in total. The highest BCUT2D eigenvalue weighted by Gasteiger charge is 2.43. The van der Waals surface area contributed by atoms with E-state index in [9.17, 15) is 30.0 Å². The lowest BCUT2D eigenvalue weighted by Gasteiger charge is -2.39. The molecule has 32 heavy (non-hydrogen) atoms. The summed E-state index contributed by atoms with van der Waals surface area (Å²) in [4.78, 5) is 29.2. The van der Waals surface area contributed by atoms with Crippen molar-refractivity contribution in [3.05, 3.63) is 11.3 Å². The molecule has 2 rings (SSSR count). The number of rotatable bonds is 6. The lowest BCUT2D eigenvalue weighted by Crippen LogP contribution is -2.57. The van der Waals surface area contributed by atoms with Gasteiger partial charge < -0.3 is 34.6 Å². The van der Waals surface area contributed by atoms with Crippen LogP contribution in [0.5, 0.6) is 0 Å². The molecule has 6 atom stereocenters. The second-order valence-electron chi connectivity index (χ2n) is 10.1. The second kappa shape index (κ2) is 9.96. The maximum absolute atomic E-state index is 12.7. The fourth-order valence-corrected chi connectivity index (χ4v) is 3.49. The zero-order valence-electron chi connectivity index (χ0n) is 19.4. The number of carbonyl (C=O) groups excluding carboxylic acids is 2. The third-order valence-corrected chi connectivity index (χ3v) is 5.19. The van der Waals surface area contributed by atoms with Crippen LogP contribution in [0.1, 0.15) is 54.4 Å². The molecule has 0 saturated carbocycles. The molecule has 1 saturated heterocycles. The molecule has 0 spiro atoms. The largest absolute Gasteiger partial charge is 0.511 e. The van der Waals surface area contributed by atoms with Crippen molar-refractivity contribution in [2.45, 2.75) is 96.7 Å². The zero-order chi connectivity index (χ0) is 24.4. The molecule has 0 amide bonds. The van der Waals surface area contributed by atoms with E-state index in [1.165, 1.54) is 6.92 Å². The summed E-state index contributed by atoms with van der Waals surface area (Å²) in [7, 11) is 0. The normalized spacial score (nSPS) is 32.3. The van der Waals surface area contributed by atoms with E-state index >= 15 is 0 Å². The number of aliphatic imine (C=N–C) groups is 1. The number of aliphatic hydroxyl groups is 4. The molecule has 10 heteroatoms. The third-order valence-electron chi connectivity index (χ3n) is 5.19. The minimum absolute atomic E-state index is 0.0269. The molecule has 182 valence electrons. The Balaban J connectivity index is 2.19. The smallest absolute Gasteiger partial charge is 0.333 e. The topological polar surface area (TPSA) is 155 Å².